The highest BCUT2D eigenvalue weighted by Crippen LogP contribution is 2.19. The Balaban J connectivity index is 2.48. The molecule has 0 amide bonds. The van der Waals surface area contributed by atoms with Gasteiger partial charge in [-0.05, 0) is 38.3 Å². The summed E-state index contributed by atoms with van der Waals surface area (Å²) >= 11 is 1.76. The third kappa shape index (κ3) is 4.58. The Morgan fingerprint density at radius 1 is 1.47 bits per heavy atom. The molecule has 15 heavy (non-hydrogen) atoms. The average Bonchev–Trinajstić information content (AvgIpc) is 2.26. The van der Waals surface area contributed by atoms with E-state index in [1.54, 1.807) is 11.8 Å². The van der Waals surface area contributed by atoms with Gasteiger partial charge in [0.2, 0.25) is 0 Å². The summed E-state index contributed by atoms with van der Waals surface area (Å²) in [5.74, 6) is 0. The summed E-state index contributed by atoms with van der Waals surface area (Å²) < 4.78 is 5.36. The van der Waals surface area contributed by atoms with E-state index in [-0.39, 0.29) is 0 Å². The second kappa shape index (κ2) is 6.75. The molecule has 0 bridgehead atoms. The Bertz CT molecular complexity index is 291. The average molecular weight is 225 g/mol. The molecule has 84 valence electrons. The molecular weight excluding hydrogens is 206 g/mol. The minimum Gasteiger partial charge on any atom is -0.380 e. The van der Waals surface area contributed by atoms with Crippen LogP contribution in [0, 0.1) is 0 Å². The maximum Gasteiger partial charge on any atom is 0.0664 e. The molecule has 0 saturated heterocycles. The number of benzene rings is 1. The zero-order valence-electron chi connectivity index (χ0n) is 9.62. The van der Waals surface area contributed by atoms with Crippen LogP contribution in [-0.4, -0.2) is 25.5 Å². The summed E-state index contributed by atoms with van der Waals surface area (Å²) in [7, 11) is 0. The number of nitrogens with one attached hydrogen (secondary N) is 1. The lowest BCUT2D eigenvalue weighted by Crippen LogP contribution is -2.21. The predicted molar refractivity (Wildman–Crippen MR) is 67.8 cm³/mol. The number of ether oxygens (including phenoxy) is 1. The molecule has 0 spiro atoms. The van der Waals surface area contributed by atoms with Gasteiger partial charge in [0.1, 0.15) is 0 Å². The molecule has 0 radical (unpaired) electrons. The lowest BCUT2D eigenvalue weighted by atomic mass is 10.3. The Hall–Kier alpha value is -0.670. The minimum atomic E-state index is 0.349. The summed E-state index contributed by atoms with van der Waals surface area (Å²) in [6, 6.07) is 8.78. The normalized spacial score (nSPS) is 12.5. The van der Waals surface area contributed by atoms with Crippen molar-refractivity contribution in [1.82, 2.24) is 0 Å². The van der Waals surface area contributed by atoms with Crippen molar-refractivity contribution < 1.29 is 4.74 Å². The quantitative estimate of drug-likeness (QED) is 0.751. The van der Waals surface area contributed by atoms with Crippen molar-refractivity contribution in [2.24, 2.45) is 0 Å². The fourth-order valence-corrected chi connectivity index (χ4v) is 1.79. The SMILES string of the molecule is CCOCC(C)Nc1cccc(SC)c1. The van der Waals surface area contributed by atoms with Crippen molar-refractivity contribution in [1.29, 1.82) is 0 Å². The van der Waals surface area contributed by atoms with Gasteiger partial charge < -0.3 is 10.1 Å². The summed E-state index contributed by atoms with van der Waals surface area (Å²) in [5, 5.41) is 3.41. The zero-order valence-corrected chi connectivity index (χ0v) is 10.4. The summed E-state index contributed by atoms with van der Waals surface area (Å²) in [4.78, 5) is 1.28. The van der Waals surface area contributed by atoms with Crippen LogP contribution < -0.4 is 5.32 Å². The standard InChI is InChI=1S/C12H19NOS/c1-4-14-9-10(2)13-11-6-5-7-12(8-11)15-3/h5-8,10,13H,4,9H2,1-3H3. The first kappa shape index (κ1) is 12.4. The minimum absolute atomic E-state index is 0.349. The van der Waals surface area contributed by atoms with E-state index in [0.717, 1.165) is 18.9 Å². The van der Waals surface area contributed by atoms with E-state index in [0.29, 0.717) is 6.04 Å². The van der Waals surface area contributed by atoms with Gasteiger partial charge in [0.25, 0.3) is 0 Å². The molecule has 0 aliphatic heterocycles. The molecule has 0 saturated carbocycles. The van der Waals surface area contributed by atoms with Crippen molar-refractivity contribution in [3.05, 3.63) is 24.3 Å². The van der Waals surface area contributed by atoms with Crippen molar-refractivity contribution in [3.8, 4) is 0 Å². The van der Waals surface area contributed by atoms with Gasteiger partial charge in [0.15, 0.2) is 0 Å². The summed E-state index contributed by atoms with van der Waals surface area (Å²) in [6.45, 7) is 5.67. The molecule has 3 heteroatoms. The van der Waals surface area contributed by atoms with Gasteiger partial charge in [-0.3, -0.25) is 0 Å². The molecule has 1 atom stereocenters. The fraction of sp³-hybridized carbons (Fsp3) is 0.500. The lowest BCUT2D eigenvalue weighted by molar-refractivity contribution is 0.141. The van der Waals surface area contributed by atoms with Crippen LogP contribution in [0.2, 0.25) is 0 Å². The monoisotopic (exact) mass is 225 g/mol. The first-order valence-corrected chi connectivity index (χ1v) is 6.47. The molecule has 0 fully saturated rings. The maximum atomic E-state index is 5.36. The van der Waals surface area contributed by atoms with Crippen LogP contribution in [0.4, 0.5) is 5.69 Å². The van der Waals surface area contributed by atoms with E-state index in [1.165, 1.54) is 4.90 Å². The Morgan fingerprint density at radius 3 is 2.93 bits per heavy atom. The Morgan fingerprint density at radius 2 is 2.27 bits per heavy atom. The lowest BCUT2D eigenvalue weighted by Gasteiger charge is -2.15. The van der Waals surface area contributed by atoms with Crippen LogP contribution in [0.3, 0.4) is 0 Å². The number of hydrogen-bond acceptors (Lipinski definition) is 3. The van der Waals surface area contributed by atoms with Crippen LogP contribution in [0.5, 0.6) is 0 Å². The number of thioether (sulfide) groups is 1. The highest BCUT2D eigenvalue weighted by Gasteiger charge is 2.01. The largest absolute Gasteiger partial charge is 0.380 e. The van der Waals surface area contributed by atoms with Crippen LogP contribution in [-0.2, 0) is 4.74 Å². The van der Waals surface area contributed by atoms with Gasteiger partial charge in [-0.2, -0.15) is 0 Å². The zero-order chi connectivity index (χ0) is 11.1. The first-order chi connectivity index (χ1) is 7.26. The number of hydrogen-bond donors (Lipinski definition) is 1. The van der Waals surface area contributed by atoms with Crippen LogP contribution >= 0.6 is 11.8 Å². The highest BCUT2D eigenvalue weighted by molar-refractivity contribution is 7.98. The van der Waals surface area contributed by atoms with Gasteiger partial charge in [-0.15, -0.1) is 11.8 Å². The molecule has 1 aromatic carbocycles. The van der Waals surface area contributed by atoms with Crippen LogP contribution in [0.25, 0.3) is 0 Å². The van der Waals surface area contributed by atoms with E-state index in [4.69, 9.17) is 4.74 Å². The number of anilines is 1. The second-order valence-electron chi connectivity index (χ2n) is 3.44. The molecule has 0 aromatic heterocycles. The number of rotatable bonds is 6. The Kier molecular flexibility index (Phi) is 5.58. The molecule has 1 unspecified atom stereocenters. The van der Waals surface area contributed by atoms with E-state index in [2.05, 4.69) is 42.8 Å². The van der Waals surface area contributed by atoms with E-state index in [1.807, 2.05) is 6.92 Å². The molecular formula is C12H19NOS. The van der Waals surface area contributed by atoms with Crippen molar-refractivity contribution in [2.45, 2.75) is 24.8 Å². The molecule has 1 aromatic rings. The molecule has 0 aliphatic rings. The van der Waals surface area contributed by atoms with E-state index < -0.39 is 0 Å². The van der Waals surface area contributed by atoms with Gasteiger partial charge >= 0.3 is 0 Å². The van der Waals surface area contributed by atoms with Gasteiger partial charge in [0.05, 0.1) is 6.61 Å². The third-order valence-electron chi connectivity index (χ3n) is 2.05. The smallest absolute Gasteiger partial charge is 0.0664 e. The molecule has 1 rings (SSSR count). The van der Waals surface area contributed by atoms with Gasteiger partial charge in [0, 0.05) is 23.2 Å². The maximum absolute atomic E-state index is 5.36. The van der Waals surface area contributed by atoms with Crippen molar-refractivity contribution in [2.75, 3.05) is 24.8 Å². The predicted octanol–water partition coefficient (Wildman–Crippen LogP) is 3.25. The van der Waals surface area contributed by atoms with Crippen LogP contribution in [0.1, 0.15) is 13.8 Å². The third-order valence-corrected chi connectivity index (χ3v) is 2.78. The summed E-state index contributed by atoms with van der Waals surface area (Å²) in [6.07, 6.45) is 2.09. The molecule has 0 heterocycles. The first-order valence-electron chi connectivity index (χ1n) is 5.24. The van der Waals surface area contributed by atoms with Crippen molar-refractivity contribution >= 4 is 17.4 Å². The van der Waals surface area contributed by atoms with Gasteiger partial charge in [-0.1, -0.05) is 6.07 Å². The molecule has 0 aliphatic carbocycles. The van der Waals surface area contributed by atoms with E-state index in [9.17, 15) is 0 Å². The van der Waals surface area contributed by atoms with Gasteiger partial charge in [-0.25, -0.2) is 0 Å². The second-order valence-corrected chi connectivity index (χ2v) is 4.32. The molecule has 1 N–H and O–H groups in total. The fourth-order valence-electron chi connectivity index (χ4n) is 1.33. The van der Waals surface area contributed by atoms with Crippen LogP contribution in [0.15, 0.2) is 29.2 Å². The summed E-state index contributed by atoms with van der Waals surface area (Å²) in [5.41, 5.74) is 1.16. The van der Waals surface area contributed by atoms with E-state index >= 15 is 0 Å². The van der Waals surface area contributed by atoms with Crippen molar-refractivity contribution in [3.63, 3.8) is 0 Å². The topological polar surface area (TPSA) is 21.3 Å². The highest BCUT2D eigenvalue weighted by atomic mass is 32.2. The Labute approximate surface area is 96.4 Å². The molecule has 2 nitrogen and oxygen atoms in total.